The van der Waals surface area contributed by atoms with Gasteiger partial charge in [0.15, 0.2) is 0 Å². The average Bonchev–Trinajstić information content (AvgIpc) is 2.69. The van der Waals surface area contributed by atoms with E-state index in [4.69, 9.17) is 0 Å². The maximum Gasteiger partial charge on any atom is 0.498 e. The molecule has 2 heterocycles. The molecule has 0 aliphatic rings. The first-order valence-corrected chi connectivity index (χ1v) is 9.59. The molecule has 0 saturated heterocycles. The monoisotopic (exact) mass is 440 g/mol. The molecular weight excluding hydrogens is 411 g/mol. The van der Waals surface area contributed by atoms with Crippen LogP contribution in [-0.4, -0.2) is 48.0 Å². The number of rotatable bonds is 5. The first-order chi connectivity index (χ1) is 13.0. The second kappa shape index (κ2) is 12.4. The lowest BCUT2D eigenvalue weighted by atomic mass is 10.1. The van der Waals surface area contributed by atoms with Crippen molar-refractivity contribution >= 4 is 12.1 Å². The molecule has 2 amide bonds. The van der Waals surface area contributed by atoms with Crippen LogP contribution in [0, 0.1) is 6.92 Å². The average molecular weight is 441 g/mol. The maximum absolute atomic E-state index is 12.6. The van der Waals surface area contributed by atoms with Gasteiger partial charge in [-0.25, -0.2) is 9.80 Å². The third kappa shape index (κ3) is 6.15. The van der Waals surface area contributed by atoms with E-state index in [1.54, 1.807) is 31.3 Å². The minimum Gasteiger partial charge on any atom is -1.00 e. The second-order valence-electron chi connectivity index (χ2n) is 6.33. The van der Waals surface area contributed by atoms with E-state index < -0.39 is 0 Å². The van der Waals surface area contributed by atoms with E-state index in [9.17, 15) is 9.59 Å². The van der Waals surface area contributed by atoms with Crippen LogP contribution in [0.5, 0.6) is 0 Å². The summed E-state index contributed by atoms with van der Waals surface area (Å²) in [6.45, 7) is 12.6. The van der Waals surface area contributed by atoms with Gasteiger partial charge in [-0.15, -0.1) is 0 Å². The highest BCUT2D eigenvalue weighted by molar-refractivity contribution is 5.67. The molecule has 29 heavy (non-hydrogen) atoms. The molecule has 0 bridgehead atoms. The highest BCUT2D eigenvalue weighted by Gasteiger charge is 2.23. The number of nitrogens with zero attached hydrogens (tertiary/aromatic N) is 4. The van der Waals surface area contributed by atoms with Crippen LogP contribution in [0.25, 0.3) is 11.1 Å². The number of carbonyl (C=O) groups excluding carboxylic acids is 2. The lowest BCUT2D eigenvalue weighted by Gasteiger charge is -2.13. The Morgan fingerprint density at radius 2 is 1.21 bits per heavy atom. The van der Waals surface area contributed by atoms with Crippen LogP contribution in [0.1, 0.15) is 33.4 Å². The van der Waals surface area contributed by atoms with Crippen molar-refractivity contribution in [3.8, 4) is 11.1 Å². The summed E-state index contributed by atoms with van der Waals surface area (Å²) in [4.78, 5) is 28.5. The predicted octanol–water partition coefficient (Wildman–Crippen LogP) is -3.14. The fourth-order valence-corrected chi connectivity index (χ4v) is 3.06. The van der Waals surface area contributed by atoms with Gasteiger partial charge in [0.05, 0.1) is 38.6 Å². The Morgan fingerprint density at radius 3 is 1.66 bits per heavy atom. The van der Waals surface area contributed by atoms with E-state index in [1.807, 2.05) is 65.1 Å². The second-order valence-corrected chi connectivity index (χ2v) is 6.33. The predicted molar refractivity (Wildman–Crippen MR) is 104 cm³/mol. The van der Waals surface area contributed by atoms with E-state index in [0.29, 0.717) is 26.2 Å². The lowest BCUT2D eigenvalue weighted by molar-refractivity contribution is -0.585. The zero-order chi connectivity index (χ0) is 20.0. The van der Waals surface area contributed by atoms with Gasteiger partial charge in [0.1, 0.15) is 11.9 Å². The standard InChI is InChI=1S/C21H30N4O2.2ClH/c1-6-22(7-2)20(26)24-13-10-18(11-14-24)19-12-15-25(17(5)16-19)21(27)23(8-3)9-4;;/h10-16H,6-9H2,1-5H3;2*1H/q+2;;/p-2. The van der Waals surface area contributed by atoms with E-state index >= 15 is 0 Å². The van der Waals surface area contributed by atoms with Gasteiger partial charge in [-0.2, -0.15) is 18.7 Å². The molecule has 0 fully saturated rings. The molecule has 160 valence electrons. The SMILES string of the molecule is CCN(CC)C(=O)[n+]1ccc(-c2cc[n+](C(=O)N(CC)CC)c(C)c2)cc1.[Cl-].[Cl-]. The maximum atomic E-state index is 12.6. The van der Waals surface area contributed by atoms with Gasteiger partial charge < -0.3 is 24.8 Å². The van der Waals surface area contributed by atoms with Crippen molar-refractivity contribution < 1.29 is 43.5 Å². The van der Waals surface area contributed by atoms with Gasteiger partial charge in [-0.05, 0) is 70.0 Å². The summed E-state index contributed by atoms with van der Waals surface area (Å²) in [7, 11) is 0. The molecule has 0 radical (unpaired) electrons. The van der Waals surface area contributed by atoms with Crippen molar-refractivity contribution in [2.45, 2.75) is 34.6 Å². The fraction of sp³-hybridized carbons (Fsp3) is 0.429. The Bertz CT molecular complexity index is 805. The Hall–Kier alpha value is -2.18. The third-order valence-corrected chi connectivity index (χ3v) is 4.81. The molecule has 0 spiro atoms. The Labute approximate surface area is 186 Å². The molecule has 0 atom stereocenters. The summed E-state index contributed by atoms with van der Waals surface area (Å²) >= 11 is 0. The summed E-state index contributed by atoms with van der Waals surface area (Å²) < 4.78 is 3.26. The van der Waals surface area contributed by atoms with Gasteiger partial charge in [-0.1, -0.05) is 0 Å². The zero-order valence-electron chi connectivity index (χ0n) is 17.7. The van der Waals surface area contributed by atoms with Gasteiger partial charge in [0.2, 0.25) is 0 Å². The molecule has 2 rings (SSSR count). The number of aryl methyl sites for hydroxylation is 1. The summed E-state index contributed by atoms with van der Waals surface area (Å²) in [5.74, 6) is 0. The molecular formula is C21H30Cl2N4O2. The minimum absolute atomic E-state index is 0. The van der Waals surface area contributed by atoms with Crippen LogP contribution in [0.15, 0.2) is 42.9 Å². The number of aromatic nitrogens is 2. The summed E-state index contributed by atoms with van der Waals surface area (Å²) in [5.41, 5.74) is 2.89. The smallest absolute Gasteiger partial charge is 0.498 e. The van der Waals surface area contributed by atoms with Crippen molar-refractivity contribution in [2.75, 3.05) is 26.2 Å². The summed E-state index contributed by atoms with van der Waals surface area (Å²) in [6, 6.07) is 7.73. The van der Waals surface area contributed by atoms with Gasteiger partial charge in [0, 0.05) is 0 Å². The van der Waals surface area contributed by atoms with Crippen molar-refractivity contribution in [1.82, 2.24) is 9.80 Å². The van der Waals surface area contributed by atoms with Gasteiger partial charge in [-0.3, -0.25) is 0 Å². The molecule has 0 saturated carbocycles. The zero-order valence-corrected chi connectivity index (χ0v) is 19.2. The summed E-state index contributed by atoms with van der Waals surface area (Å²) in [5, 5.41) is 0. The van der Waals surface area contributed by atoms with Crippen LogP contribution in [0.3, 0.4) is 0 Å². The molecule has 8 heteroatoms. The Balaban J connectivity index is 0.00000392. The van der Waals surface area contributed by atoms with Crippen LogP contribution < -0.4 is 33.9 Å². The quantitative estimate of drug-likeness (QED) is 0.461. The normalized spacial score (nSPS) is 9.83. The van der Waals surface area contributed by atoms with Crippen LogP contribution in [0.4, 0.5) is 9.59 Å². The van der Waals surface area contributed by atoms with Crippen molar-refractivity contribution in [2.24, 2.45) is 0 Å². The van der Waals surface area contributed by atoms with Crippen molar-refractivity contribution in [3.63, 3.8) is 0 Å². The van der Waals surface area contributed by atoms with Crippen molar-refractivity contribution in [1.29, 1.82) is 0 Å². The highest BCUT2D eigenvalue weighted by Crippen LogP contribution is 2.17. The minimum atomic E-state index is -0.0292. The Kier molecular flexibility index (Phi) is 11.5. The molecule has 2 aromatic heterocycles. The number of amides is 2. The number of halogens is 2. The third-order valence-electron chi connectivity index (χ3n) is 4.81. The number of pyridine rings is 2. The van der Waals surface area contributed by atoms with E-state index in [1.165, 1.54) is 0 Å². The summed E-state index contributed by atoms with van der Waals surface area (Å²) in [6.07, 6.45) is 5.38. The molecule has 0 unspecified atom stereocenters. The van der Waals surface area contributed by atoms with E-state index in [-0.39, 0.29) is 36.9 Å². The van der Waals surface area contributed by atoms with Crippen molar-refractivity contribution in [3.05, 3.63) is 48.5 Å². The molecule has 0 aliphatic carbocycles. The fourth-order valence-electron chi connectivity index (χ4n) is 3.06. The topological polar surface area (TPSA) is 48.4 Å². The first-order valence-electron chi connectivity index (χ1n) is 9.59. The lowest BCUT2D eigenvalue weighted by Crippen LogP contribution is -3.00. The van der Waals surface area contributed by atoms with Gasteiger partial charge in [0.25, 0.3) is 0 Å². The molecule has 0 N–H and O–H groups in total. The van der Waals surface area contributed by atoms with Crippen LogP contribution in [0.2, 0.25) is 0 Å². The molecule has 6 nitrogen and oxygen atoms in total. The number of carbonyl (C=O) groups is 2. The molecule has 2 aromatic rings. The van der Waals surface area contributed by atoms with Crippen LogP contribution in [-0.2, 0) is 0 Å². The first kappa shape index (κ1) is 26.8. The van der Waals surface area contributed by atoms with Gasteiger partial charge >= 0.3 is 12.1 Å². The molecule has 0 aromatic carbocycles. The molecule has 0 aliphatic heterocycles. The Morgan fingerprint density at radius 1 is 0.759 bits per heavy atom. The van der Waals surface area contributed by atoms with E-state index in [0.717, 1.165) is 16.8 Å². The van der Waals surface area contributed by atoms with E-state index in [2.05, 4.69) is 0 Å². The number of hydrogen-bond donors (Lipinski definition) is 0. The highest BCUT2D eigenvalue weighted by atomic mass is 35.5. The van der Waals surface area contributed by atoms with Crippen LogP contribution >= 0.6 is 0 Å². The largest absolute Gasteiger partial charge is 1.00 e. The number of hydrogen-bond acceptors (Lipinski definition) is 2.